The fourth-order valence-corrected chi connectivity index (χ4v) is 1.92. The molecule has 0 aliphatic heterocycles. The first-order chi connectivity index (χ1) is 7.38. The van der Waals surface area contributed by atoms with Crippen LogP contribution in [0.2, 0.25) is 0 Å². The lowest BCUT2D eigenvalue weighted by Crippen LogP contribution is -2.24. The Balaban J connectivity index is 2.28. The standard InChI is InChI=1S/C9H18N4O2S/c1-8(9-6-12-13(2)7-9)11-4-3-5-16(10,14)15/h6-8,11H,3-5H2,1-2H3,(H2,10,14,15). The van der Waals surface area contributed by atoms with Crippen LogP contribution < -0.4 is 10.5 Å². The molecule has 0 spiro atoms. The normalized spacial score (nSPS) is 13.9. The zero-order chi connectivity index (χ0) is 12.2. The summed E-state index contributed by atoms with van der Waals surface area (Å²) in [5.74, 6) is 0.0137. The molecule has 6 nitrogen and oxygen atoms in total. The molecule has 0 amide bonds. The second kappa shape index (κ2) is 5.42. The van der Waals surface area contributed by atoms with Crippen LogP contribution in [0.5, 0.6) is 0 Å². The van der Waals surface area contributed by atoms with E-state index < -0.39 is 10.0 Å². The van der Waals surface area contributed by atoms with E-state index in [1.54, 1.807) is 10.9 Å². The topological polar surface area (TPSA) is 90.0 Å². The maximum atomic E-state index is 10.7. The van der Waals surface area contributed by atoms with E-state index in [1.165, 1.54) is 0 Å². The van der Waals surface area contributed by atoms with Crippen molar-refractivity contribution < 1.29 is 8.42 Å². The van der Waals surface area contributed by atoms with Crippen molar-refractivity contribution in [1.82, 2.24) is 15.1 Å². The van der Waals surface area contributed by atoms with Crippen LogP contribution in [0.4, 0.5) is 0 Å². The van der Waals surface area contributed by atoms with Gasteiger partial charge in [0.2, 0.25) is 10.0 Å². The Morgan fingerprint density at radius 3 is 2.81 bits per heavy atom. The highest BCUT2D eigenvalue weighted by Crippen LogP contribution is 2.09. The molecule has 0 aromatic carbocycles. The summed E-state index contributed by atoms with van der Waals surface area (Å²) < 4.78 is 23.1. The number of hydrogen-bond donors (Lipinski definition) is 2. The molecule has 0 saturated carbocycles. The molecule has 1 aromatic rings. The molecule has 7 heteroatoms. The van der Waals surface area contributed by atoms with E-state index in [4.69, 9.17) is 5.14 Å². The Kier molecular flexibility index (Phi) is 4.45. The molecular weight excluding hydrogens is 228 g/mol. The number of nitrogens with two attached hydrogens (primary N) is 1. The summed E-state index contributed by atoms with van der Waals surface area (Å²) in [6.07, 6.45) is 4.23. The molecule has 92 valence electrons. The number of nitrogens with zero attached hydrogens (tertiary/aromatic N) is 2. The van der Waals surface area contributed by atoms with Crippen molar-refractivity contribution in [2.45, 2.75) is 19.4 Å². The number of aromatic nitrogens is 2. The third kappa shape index (κ3) is 4.73. The smallest absolute Gasteiger partial charge is 0.209 e. The van der Waals surface area contributed by atoms with Crippen LogP contribution in [0, 0.1) is 0 Å². The molecule has 0 aliphatic carbocycles. The highest BCUT2D eigenvalue weighted by atomic mass is 32.2. The summed E-state index contributed by atoms with van der Waals surface area (Å²) in [7, 11) is -1.48. The van der Waals surface area contributed by atoms with Crippen LogP contribution in [-0.4, -0.2) is 30.5 Å². The zero-order valence-electron chi connectivity index (χ0n) is 9.55. The van der Waals surface area contributed by atoms with Crippen molar-refractivity contribution in [3.05, 3.63) is 18.0 Å². The van der Waals surface area contributed by atoms with Gasteiger partial charge in [0.25, 0.3) is 0 Å². The number of primary sulfonamides is 1. The average Bonchev–Trinajstić information content (AvgIpc) is 2.57. The minimum Gasteiger partial charge on any atom is -0.310 e. The Hall–Kier alpha value is -0.920. The summed E-state index contributed by atoms with van der Waals surface area (Å²) in [6, 6.07) is 0.161. The van der Waals surface area contributed by atoms with Crippen LogP contribution in [0.1, 0.15) is 24.9 Å². The third-order valence-corrected chi connectivity index (χ3v) is 3.14. The summed E-state index contributed by atoms with van der Waals surface area (Å²) in [6.45, 7) is 2.63. The maximum Gasteiger partial charge on any atom is 0.209 e. The molecular formula is C9H18N4O2S. The molecule has 0 radical (unpaired) electrons. The van der Waals surface area contributed by atoms with E-state index in [-0.39, 0.29) is 11.8 Å². The lowest BCUT2D eigenvalue weighted by Gasteiger charge is -2.11. The monoisotopic (exact) mass is 246 g/mol. The van der Waals surface area contributed by atoms with Crippen LogP contribution >= 0.6 is 0 Å². The molecule has 3 N–H and O–H groups in total. The van der Waals surface area contributed by atoms with Gasteiger partial charge in [-0.2, -0.15) is 5.10 Å². The number of nitrogens with one attached hydrogen (secondary N) is 1. The highest BCUT2D eigenvalue weighted by Gasteiger charge is 2.07. The largest absolute Gasteiger partial charge is 0.310 e. The Morgan fingerprint density at radius 2 is 2.31 bits per heavy atom. The second-order valence-corrected chi connectivity index (χ2v) is 5.58. The van der Waals surface area contributed by atoms with Gasteiger partial charge in [-0.15, -0.1) is 0 Å². The van der Waals surface area contributed by atoms with Crippen molar-refractivity contribution in [2.24, 2.45) is 12.2 Å². The lowest BCUT2D eigenvalue weighted by molar-refractivity contribution is 0.560. The highest BCUT2D eigenvalue weighted by molar-refractivity contribution is 7.89. The molecule has 16 heavy (non-hydrogen) atoms. The molecule has 1 rings (SSSR count). The SMILES string of the molecule is CC(NCCCS(N)(=O)=O)c1cnn(C)c1. The predicted molar refractivity (Wildman–Crippen MR) is 62.2 cm³/mol. The van der Waals surface area contributed by atoms with Crippen molar-refractivity contribution >= 4 is 10.0 Å². The van der Waals surface area contributed by atoms with Gasteiger partial charge in [0, 0.05) is 24.8 Å². The van der Waals surface area contributed by atoms with E-state index in [9.17, 15) is 8.42 Å². The first kappa shape index (κ1) is 13.1. The van der Waals surface area contributed by atoms with E-state index in [2.05, 4.69) is 10.4 Å². The molecule has 1 unspecified atom stereocenters. The van der Waals surface area contributed by atoms with Gasteiger partial charge in [0.05, 0.1) is 11.9 Å². The van der Waals surface area contributed by atoms with Gasteiger partial charge in [-0.3, -0.25) is 4.68 Å². The Labute approximate surface area is 95.9 Å². The van der Waals surface area contributed by atoms with Crippen LogP contribution in [0.15, 0.2) is 12.4 Å². The second-order valence-electron chi connectivity index (χ2n) is 3.84. The van der Waals surface area contributed by atoms with Gasteiger partial charge >= 0.3 is 0 Å². The van der Waals surface area contributed by atoms with E-state index in [1.807, 2.05) is 20.2 Å². The zero-order valence-corrected chi connectivity index (χ0v) is 10.4. The van der Waals surface area contributed by atoms with Crippen molar-refractivity contribution in [3.63, 3.8) is 0 Å². The third-order valence-electron chi connectivity index (χ3n) is 2.28. The maximum absolute atomic E-state index is 10.7. The molecule has 0 aliphatic rings. The number of rotatable bonds is 6. The fourth-order valence-electron chi connectivity index (χ4n) is 1.37. The number of sulfonamides is 1. The van der Waals surface area contributed by atoms with E-state index >= 15 is 0 Å². The van der Waals surface area contributed by atoms with Gasteiger partial charge in [-0.05, 0) is 19.9 Å². The summed E-state index contributed by atoms with van der Waals surface area (Å²) in [5.41, 5.74) is 1.08. The summed E-state index contributed by atoms with van der Waals surface area (Å²) >= 11 is 0. The number of aryl methyl sites for hydroxylation is 1. The van der Waals surface area contributed by atoms with Crippen LogP contribution in [0.25, 0.3) is 0 Å². The van der Waals surface area contributed by atoms with Gasteiger partial charge in [-0.1, -0.05) is 0 Å². The summed E-state index contributed by atoms with van der Waals surface area (Å²) in [4.78, 5) is 0. The van der Waals surface area contributed by atoms with Gasteiger partial charge in [0.1, 0.15) is 0 Å². The molecule has 0 saturated heterocycles. The van der Waals surface area contributed by atoms with Crippen LogP contribution in [-0.2, 0) is 17.1 Å². The minimum absolute atomic E-state index is 0.0137. The molecule has 0 bridgehead atoms. The van der Waals surface area contributed by atoms with E-state index in [0.29, 0.717) is 13.0 Å². The fraction of sp³-hybridized carbons (Fsp3) is 0.667. The molecule has 1 atom stereocenters. The molecule has 1 aromatic heterocycles. The van der Waals surface area contributed by atoms with Crippen molar-refractivity contribution in [3.8, 4) is 0 Å². The predicted octanol–water partition coefficient (Wildman–Crippen LogP) is -0.251. The van der Waals surface area contributed by atoms with Gasteiger partial charge in [-0.25, -0.2) is 13.6 Å². The summed E-state index contributed by atoms with van der Waals surface area (Å²) in [5, 5.41) is 12.2. The Bertz CT molecular complexity index is 426. The van der Waals surface area contributed by atoms with Gasteiger partial charge in [0.15, 0.2) is 0 Å². The van der Waals surface area contributed by atoms with Crippen molar-refractivity contribution in [2.75, 3.05) is 12.3 Å². The lowest BCUT2D eigenvalue weighted by atomic mass is 10.2. The van der Waals surface area contributed by atoms with Crippen LogP contribution in [0.3, 0.4) is 0 Å². The first-order valence-corrected chi connectivity index (χ1v) is 6.82. The minimum atomic E-state index is -3.34. The average molecular weight is 246 g/mol. The molecule has 1 heterocycles. The first-order valence-electron chi connectivity index (χ1n) is 5.11. The van der Waals surface area contributed by atoms with Gasteiger partial charge < -0.3 is 5.32 Å². The number of hydrogen-bond acceptors (Lipinski definition) is 4. The quantitative estimate of drug-likeness (QED) is 0.677. The molecule has 0 fully saturated rings. The Morgan fingerprint density at radius 1 is 1.62 bits per heavy atom. The van der Waals surface area contributed by atoms with E-state index in [0.717, 1.165) is 5.56 Å². The van der Waals surface area contributed by atoms with Crippen molar-refractivity contribution in [1.29, 1.82) is 0 Å².